The summed E-state index contributed by atoms with van der Waals surface area (Å²) in [5.41, 5.74) is 5.74. The lowest BCUT2D eigenvalue weighted by Crippen LogP contribution is -2.20. The van der Waals surface area contributed by atoms with Crippen molar-refractivity contribution in [2.75, 3.05) is 20.3 Å². The maximum atomic E-state index is 10.9. The number of rotatable bonds is 6. The van der Waals surface area contributed by atoms with Crippen LogP contribution in [-0.2, 0) is 14.3 Å². The van der Waals surface area contributed by atoms with Crippen LogP contribution in [0.3, 0.4) is 0 Å². The Balaban J connectivity index is 2.61. The molecule has 0 radical (unpaired) electrons. The summed E-state index contributed by atoms with van der Waals surface area (Å²) in [4.78, 5) is 21.5. The number of carbonyl (C=O) groups excluding carboxylic acids is 2. The minimum absolute atomic E-state index is 0.154. The molecule has 0 unspecified atom stereocenters. The Hall–Kier alpha value is -2.24. The van der Waals surface area contributed by atoms with Crippen LogP contribution in [0.1, 0.15) is 5.56 Å². The molecule has 0 saturated heterocycles. The molecule has 0 aliphatic rings. The Bertz CT molecular complexity index is 444. The molecule has 0 aromatic heterocycles. The van der Waals surface area contributed by atoms with E-state index in [1.54, 1.807) is 25.1 Å². The number of aryl methyl sites for hydroxylation is 1. The molecule has 1 rings (SSSR count). The first-order valence-corrected chi connectivity index (χ1v) is 5.24. The van der Waals surface area contributed by atoms with Crippen molar-refractivity contribution in [1.82, 2.24) is 0 Å². The van der Waals surface area contributed by atoms with Crippen LogP contribution < -0.4 is 15.2 Å². The second-order valence-corrected chi connectivity index (χ2v) is 3.55. The van der Waals surface area contributed by atoms with Gasteiger partial charge in [-0.15, -0.1) is 0 Å². The zero-order valence-electron chi connectivity index (χ0n) is 10.3. The van der Waals surface area contributed by atoms with Gasteiger partial charge in [-0.1, -0.05) is 0 Å². The lowest BCUT2D eigenvalue weighted by Gasteiger charge is -2.10. The molecule has 6 heteroatoms. The minimum Gasteiger partial charge on any atom is -0.484 e. The summed E-state index contributed by atoms with van der Waals surface area (Å²) in [5, 5.41) is 0. The highest BCUT2D eigenvalue weighted by Gasteiger charge is 2.06. The Morgan fingerprint density at radius 3 is 2.50 bits per heavy atom. The normalized spacial score (nSPS) is 9.67. The van der Waals surface area contributed by atoms with Gasteiger partial charge < -0.3 is 19.9 Å². The summed E-state index contributed by atoms with van der Waals surface area (Å²) in [6.45, 7) is 1.46. The molecule has 98 valence electrons. The summed E-state index contributed by atoms with van der Waals surface area (Å²) in [6.07, 6.45) is 0. The fourth-order valence-electron chi connectivity index (χ4n) is 1.22. The van der Waals surface area contributed by atoms with Crippen molar-refractivity contribution in [2.45, 2.75) is 6.92 Å². The van der Waals surface area contributed by atoms with Crippen LogP contribution in [0.25, 0.3) is 0 Å². The lowest BCUT2D eigenvalue weighted by molar-refractivity contribution is -0.142. The molecule has 0 aliphatic carbocycles. The second-order valence-electron chi connectivity index (χ2n) is 3.55. The van der Waals surface area contributed by atoms with Crippen molar-refractivity contribution in [1.29, 1.82) is 0 Å². The molecular formula is C12H15NO5. The van der Waals surface area contributed by atoms with Gasteiger partial charge in [-0.05, 0) is 30.7 Å². The molecule has 18 heavy (non-hydrogen) atoms. The molecule has 6 nitrogen and oxygen atoms in total. The van der Waals surface area contributed by atoms with E-state index >= 15 is 0 Å². The Kier molecular flexibility index (Phi) is 4.98. The highest BCUT2D eigenvalue weighted by Crippen LogP contribution is 2.23. The number of ether oxygens (including phenoxy) is 3. The Morgan fingerprint density at radius 2 is 1.94 bits per heavy atom. The molecule has 0 saturated carbocycles. The fourth-order valence-corrected chi connectivity index (χ4v) is 1.22. The first-order chi connectivity index (χ1) is 8.52. The molecule has 2 N–H and O–H groups in total. The van der Waals surface area contributed by atoms with Crippen LogP contribution in [0.15, 0.2) is 18.2 Å². The molecule has 1 amide bonds. The summed E-state index contributed by atoms with van der Waals surface area (Å²) in [5.74, 6) is 0.0608. The lowest BCUT2D eigenvalue weighted by atomic mass is 10.2. The van der Waals surface area contributed by atoms with Gasteiger partial charge in [0.25, 0.3) is 5.91 Å². The predicted molar refractivity (Wildman–Crippen MR) is 63.4 cm³/mol. The van der Waals surface area contributed by atoms with Crippen LogP contribution in [0.5, 0.6) is 11.5 Å². The van der Waals surface area contributed by atoms with Crippen LogP contribution >= 0.6 is 0 Å². The number of hydrogen-bond acceptors (Lipinski definition) is 5. The number of benzene rings is 1. The monoisotopic (exact) mass is 253 g/mol. The van der Waals surface area contributed by atoms with Gasteiger partial charge in [0.15, 0.2) is 13.2 Å². The van der Waals surface area contributed by atoms with E-state index in [0.717, 1.165) is 5.56 Å². The van der Waals surface area contributed by atoms with Crippen molar-refractivity contribution >= 4 is 11.9 Å². The molecular weight excluding hydrogens is 238 g/mol. The third-order valence-corrected chi connectivity index (χ3v) is 2.10. The van der Waals surface area contributed by atoms with E-state index in [9.17, 15) is 9.59 Å². The first-order valence-electron chi connectivity index (χ1n) is 5.24. The second kappa shape index (κ2) is 6.48. The van der Waals surface area contributed by atoms with E-state index < -0.39 is 11.9 Å². The van der Waals surface area contributed by atoms with E-state index in [2.05, 4.69) is 4.74 Å². The molecule has 1 aromatic rings. The molecule has 0 heterocycles. The fraction of sp³-hybridized carbons (Fsp3) is 0.333. The number of carbonyl (C=O) groups is 2. The summed E-state index contributed by atoms with van der Waals surface area (Å²) < 4.78 is 14.8. The van der Waals surface area contributed by atoms with E-state index in [0.29, 0.717) is 11.5 Å². The van der Waals surface area contributed by atoms with Crippen LogP contribution in [0.4, 0.5) is 0 Å². The van der Waals surface area contributed by atoms with E-state index in [4.69, 9.17) is 15.2 Å². The van der Waals surface area contributed by atoms with Crippen molar-refractivity contribution < 1.29 is 23.8 Å². The number of methoxy groups -OCH3 is 1. The Labute approximate surface area is 105 Å². The molecule has 0 spiro atoms. The van der Waals surface area contributed by atoms with E-state index in [1.807, 2.05) is 0 Å². The van der Waals surface area contributed by atoms with E-state index in [-0.39, 0.29) is 13.2 Å². The molecule has 0 bridgehead atoms. The van der Waals surface area contributed by atoms with Gasteiger partial charge in [-0.2, -0.15) is 0 Å². The number of amides is 1. The van der Waals surface area contributed by atoms with Crippen molar-refractivity contribution in [3.63, 3.8) is 0 Å². The average Bonchev–Trinajstić information content (AvgIpc) is 2.34. The molecule has 1 aromatic carbocycles. The average molecular weight is 253 g/mol. The third kappa shape index (κ3) is 4.32. The topological polar surface area (TPSA) is 87.8 Å². The maximum Gasteiger partial charge on any atom is 0.343 e. The SMILES string of the molecule is COC(=O)COc1ccc(OCC(N)=O)cc1C. The van der Waals surface area contributed by atoms with Crippen molar-refractivity contribution in [3.05, 3.63) is 23.8 Å². The van der Waals surface area contributed by atoms with Gasteiger partial charge in [0.05, 0.1) is 7.11 Å². The van der Waals surface area contributed by atoms with Crippen molar-refractivity contribution in [2.24, 2.45) is 5.73 Å². The smallest absolute Gasteiger partial charge is 0.343 e. The van der Waals surface area contributed by atoms with Gasteiger partial charge in [-0.3, -0.25) is 4.79 Å². The summed E-state index contributed by atoms with van der Waals surface area (Å²) >= 11 is 0. The van der Waals surface area contributed by atoms with Gasteiger partial charge in [0, 0.05) is 0 Å². The summed E-state index contributed by atoms with van der Waals surface area (Å²) in [7, 11) is 1.29. The van der Waals surface area contributed by atoms with Gasteiger partial charge in [0.1, 0.15) is 11.5 Å². The zero-order valence-corrected chi connectivity index (χ0v) is 10.3. The predicted octanol–water partition coefficient (Wildman–Crippen LogP) is 0.411. The number of hydrogen-bond donors (Lipinski definition) is 1. The van der Waals surface area contributed by atoms with Crippen LogP contribution in [0.2, 0.25) is 0 Å². The Morgan fingerprint density at radius 1 is 1.22 bits per heavy atom. The van der Waals surface area contributed by atoms with Gasteiger partial charge >= 0.3 is 5.97 Å². The largest absolute Gasteiger partial charge is 0.484 e. The summed E-state index contributed by atoms with van der Waals surface area (Å²) in [6, 6.07) is 4.96. The quantitative estimate of drug-likeness (QED) is 0.742. The minimum atomic E-state index is -0.543. The standard InChI is InChI=1S/C12H15NO5/c1-8-5-9(17-6-11(13)14)3-4-10(8)18-7-12(15)16-2/h3-5H,6-7H2,1-2H3,(H2,13,14). The molecule has 0 fully saturated rings. The zero-order chi connectivity index (χ0) is 13.5. The van der Waals surface area contributed by atoms with Gasteiger partial charge in [0.2, 0.25) is 0 Å². The van der Waals surface area contributed by atoms with Crippen LogP contribution in [-0.4, -0.2) is 32.2 Å². The highest BCUT2D eigenvalue weighted by molar-refractivity contribution is 5.75. The number of esters is 1. The first kappa shape index (κ1) is 13.8. The third-order valence-electron chi connectivity index (χ3n) is 2.10. The van der Waals surface area contributed by atoms with Gasteiger partial charge in [-0.25, -0.2) is 4.79 Å². The maximum absolute atomic E-state index is 10.9. The van der Waals surface area contributed by atoms with Crippen molar-refractivity contribution in [3.8, 4) is 11.5 Å². The highest BCUT2D eigenvalue weighted by atomic mass is 16.6. The molecule has 0 atom stereocenters. The molecule has 0 aliphatic heterocycles. The number of nitrogens with two attached hydrogens (primary N) is 1. The van der Waals surface area contributed by atoms with E-state index in [1.165, 1.54) is 7.11 Å². The number of primary amides is 1. The van der Waals surface area contributed by atoms with Crippen LogP contribution in [0, 0.1) is 6.92 Å².